The minimum atomic E-state index is -1.05. The number of urea groups is 1. The van der Waals surface area contributed by atoms with Crippen molar-refractivity contribution in [3.8, 4) is 11.5 Å². The number of carbonyl (C=O) groups is 3. The molecule has 0 spiro atoms. The van der Waals surface area contributed by atoms with Crippen molar-refractivity contribution in [3.63, 3.8) is 0 Å². The molecule has 11 heteroatoms. The molecule has 0 aliphatic rings. The number of nitrogens with zero attached hydrogens (tertiary/aromatic N) is 1. The van der Waals surface area contributed by atoms with Gasteiger partial charge in [-0.25, -0.2) is 4.79 Å². The fraction of sp³-hybridized carbons (Fsp3) is 0.200. The molecule has 4 aromatic rings. The zero-order chi connectivity index (χ0) is 33.2. The standard InChI is InChI=1S/C35H38N6O5/c1-45-28-14-10-25(11-15-28)31(26-12-16-29(46-2)17-13-26)34(43)41(21-23-8-6-22(7-9-23)20-40-35(39)44)30(33(38)42)19-24-4-3-5-27(18-24)32(36)37/h3-18,30-31H,19-21H2,1-2H3,(H3,36,37)(H2,38,42)(H3,39,40,44)/t30-/m1/s1. The Bertz CT molecular complexity index is 1630. The zero-order valence-electron chi connectivity index (χ0n) is 25.7. The highest BCUT2D eigenvalue weighted by Gasteiger charge is 2.35. The second-order valence-corrected chi connectivity index (χ2v) is 10.7. The van der Waals surface area contributed by atoms with E-state index in [1.54, 1.807) is 62.8 Å². The molecule has 0 bridgehead atoms. The second kappa shape index (κ2) is 15.2. The maximum atomic E-state index is 14.9. The van der Waals surface area contributed by atoms with E-state index in [1.807, 2.05) is 48.5 Å². The molecule has 1 atom stereocenters. The lowest BCUT2D eigenvalue weighted by atomic mass is 9.88. The normalized spacial score (nSPS) is 11.4. The number of primary amides is 2. The summed E-state index contributed by atoms with van der Waals surface area (Å²) in [4.78, 5) is 40.7. The number of amides is 4. The number of amidine groups is 1. The van der Waals surface area contributed by atoms with Gasteiger partial charge in [-0.2, -0.15) is 0 Å². The van der Waals surface area contributed by atoms with Crippen molar-refractivity contribution in [2.75, 3.05) is 14.2 Å². The van der Waals surface area contributed by atoms with Gasteiger partial charge in [-0.05, 0) is 58.1 Å². The summed E-state index contributed by atoms with van der Waals surface area (Å²) >= 11 is 0. The van der Waals surface area contributed by atoms with Crippen molar-refractivity contribution in [2.24, 2.45) is 17.2 Å². The van der Waals surface area contributed by atoms with E-state index in [9.17, 15) is 14.4 Å². The molecule has 0 fully saturated rings. The van der Waals surface area contributed by atoms with E-state index in [4.69, 9.17) is 32.1 Å². The van der Waals surface area contributed by atoms with Crippen molar-refractivity contribution in [2.45, 2.75) is 31.5 Å². The SMILES string of the molecule is COc1ccc(C(C(=O)N(Cc2ccc(CNC(N)=O)cc2)[C@H](Cc2cccc(C(=N)N)c2)C(N)=O)c2ccc(OC)cc2)cc1. The predicted octanol–water partition coefficient (Wildman–Crippen LogP) is 3.41. The number of nitrogens with one attached hydrogen (secondary N) is 2. The van der Waals surface area contributed by atoms with Gasteiger partial charge in [0.1, 0.15) is 23.4 Å². The van der Waals surface area contributed by atoms with E-state index in [-0.39, 0.29) is 31.3 Å². The van der Waals surface area contributed by atoms with Gasteiger partial charge in [-0.15, -0.1) is 0 Å². The Hall–Kier alpha value is -5.84. The number of benzene rings is 4. The van der Waals surface area contributed by atoms with Crippen LogP contribution in [0.15, 0.2) is 97.1 Å². The Morgan fingerprint density at radius 2 is 1.30 bits per heavy atom. The highest BCUT2D eigenvalue weighted by Crippen LogP contribution is 2.32. The van der Waals surface area contributed by atoms with Gasteiger partial charge in [-0.1, -0.05) is 66.7 Å². The van der Waals surface area contributed by atoms with Crippen LogP contribution in [-0.2, 0) is 29.1 Å². The number of hydrogen-bond acceptors (Lipinski definition) is 6. The first-order valence-corrected chi connectivity index (χ1v) is 14.5. The summed E-state index contributed by atoms with van der Waals surface area (Å²) in [7, 11) is 3.13. The van der Waals surface area contributed by atoms with E-state index < -0.39 is 23.9 Å². The second-order valence-electron chi connectivity index (χ2n) is 10.7. The molecule has 0 saturated carbocycles. The van der Waals surface area contributed by atoms with Gasteiger partial charge in [0.2, 0.25) is 11.8 Å². The topological polar surface area (TPSA) is 187 Å². The average molecular weight is 623 g/mol. The van der Waals surface area contributed by atoms with Gasteiger partial charge in [0.05, 0.1) is 20.1 Å². The van der Waals surface area contributed by atoms with Gasteiger partial charge in [0, 0.05) is 25.1 Å². The van der Waals surface area contributed by atoms with E-state index >= 15 is 0 Å². The van der Waals surface area contributed by atoms with Gasteiger partial charge >= 0.3 is 6.03 Å². The number of methoxy groups -OCH3 is 2. The minimum Gasteiger partial charge on any atom is -0.497 e. The van der Waals surface area contributed by atoms with Gasteiger partial charge in [0.25, 0.3) is 0 Å². The molecule has 46 heavy (non-hydrogen) atoms. The summed E-state index contributed by atoms with van der Waals surface area (Å²) in [6.45, 7) is 0.302. The molecule has 4 aromatic carbocycles. The van der Waals surface area contributed by atoms with Crippen LogP contribution < -0.4 is 32.0 Å². The summed E-state index contributed by atoms with van der Waals surface area (Å²) in [5.74, 6) is -0.689. The van der Waals surface area contributed by atoms with E-state index in [1.165, 1.54) is 4.90 Å². The Kier molecular flexibility index (Phi) is 11.0. The molecule has 4 rings (SSSR count). The van der Waals surface area contributed by atoms with Crippen LogP contribution in [0.3, 0.4) is 0 Å². The summed E-state index contributed by atoms with van der Waals surface area (Å²) in [6.07, 6.45) is 0.0980. The van der Waals surface area contributed by atoms with Crippen molar-refractivity contribution < 1.29 is 23.9 Å². The molecule has 0 aliphatic carbocycles. The smallest absolute Gasteiger partial charge is 0.312 e. The zero-order valence-corrected chi connectivity index (χ0v) is 25.7. The summed E-state index contributed by atoms with van der Waals surface area (Å²) in [5.41, 5.74) is 21.1. The highest BCUT2D eigenvalue weighted by atomic mass is 16.5. The van der Waals surface area contributed by atoms with Crippen molar-refractivity contribution in [1.29, 1.82) is 5.41 Å². The Balaban J connectivity index is 1.80. The Morgan fingerprint density at radius 3 is 1.78 bits per heavy atom. The van der Waals surface area contributed by atoms with Crippen LogP contribution >= 0.6 is 0 Å². The molecule has 11 nitrogen and oxygen atoms in total. The van der Waals surface area contributed by atoms with E-state index in [0.29, 0.717) is 33.8 Å². The predicted molar refractivity (Wildman–Crippen MR) is 175 cm³/mol. The summed E-state index contributed by atoms with van der Waals surface area (Å²) in [6, 6.07) is 26.9. The molecule has 0 heterocycles. The third kappa shape index (κ3) is 8.41. The van der Waals surface area contributed by atoms with Gasteiger partial charge < -0.3 is 36.9 Å². The highest BCUT2D eigenvalue weighted by molar-refractivity contribution is 5.95. The van der Waals surface area contributed by atoms with Crippen LogP contribution in [0, 0.1) is 5.41 Å². The average Bonchev–Trinajstić information content (AvgIpc) is 3.06. The van der Waals surface area contributed by atoms with E-state index in [2.05, 4.69) is 5.32 Å². The monoisotopic (exact) mass is 622 g/mol. The lowest BCUT2D eigenvalue weighted by Gasteiger charge is -2.34. The first kappa shape index (κ1) is 33.1. The quantitative estimate of drug-likeness (QED) is 0.106. The van der Waals surface area contributed by atoms with Crippen LogP contribution in [0.2, 0.25) is 0 Å². The number of ether oxygens (including phenoxy) is 2. The van der Waals surface area contributed by atoms with Crippen LogP contribution in [0.5, 0.6) is 11.5 Å². The number of carbonyl (C=O) groups excluding carboxylic acids is 3. The maximum Gasteiger partial charge on any atom is 0.312 e. The number of nitrogen functional groups attached to an aromatic ring is 1. The maximum absolute atomic E-state index is 14.9. The molecule has 4 amide bonds. The minimum absolute atomic E-state index is 0.0607. The van der Waals surface area contributed by atoms with Crippen molar-refractivity contribution >= 4 is 23.7 Å². The van der Waals surface area contributed by atoms with E-state index in [0.717, 1.165) is 11.1 Å². The van der Waals surface area contributed by atoms with Gasteiger partial charge in [0.15, 0.2) is 0 Å². The molecule has 0 aliphatic heterocycles. The van der Waals surface area contributed by atoms with Gasteiger partial charge in [-0.3, -0.25) is 15.0 Å². The van der Waals surface area contributed by atoms with Crippen LogP contribution in [-0.4, -0.2) is 48.8 Å². The van der Waals surface area contributed by atoms with Crippen LogP contribution in [0.4, 0.5) is 4.79 Å². The molecular formula is C35H38N6O5. The first-order chi connectivity index (χ1) is 22.1. The van der Waals surface area contributed by atoms with Crippen molar-refractivity contribution in [1.82, 2.24) is 10.2 Å². The molecule has 238 valence electrons. The lowest BCUT2D eigenvalue weighted by Crippen LogP contribution is -2.50. The summed E-state index contributed by atoms with van der Waals surface area (Å²) in [5, 5.41) is 10.4. The fourth-order valence-electron chi connectivity index (χ4n) is 5.18. The molecule has 0 saturated heterocycles. The van der Waals surface area contributed by atoms with Crippen molar-refractivity contribution in [3.05, 3.63) is 130 Å². The van der Waals surface area contributed by atoms with Crippen LogP contribution in [0.1, 0.15) is 39.3 Å². The Morgan fingerprint density at radius 1 is 0.761 bits per heavy atom. The third-order valence-electron chi connectivity index (χ3n) is 7.64. The summed E-state index contributed by atoms with van der Waals surface area (Å²) < 4.78 is 10.7. The molecular weight excluding hydrogens is 584 g/mol. The molecule has 0 radical (unpaired) electrons. The molecule has 0 aromatic heterocycles. The Labute approximate surface area is 267 Å². The third-order valence-corrected chi connectivity index (χ3v) is 7.64. The number of hydrogen-bond donors (Lipinski definition) is 5. The molecule has 0 unspecified atom stereocenters. The number of rotatable bonds is 14. The molecule has 8 N–H and O–H groups in total. The lowest BCUT2D eigenvalue weighted by molar-refractivity contribution is -0.140. The van der Waals surface area contributed by atoms with Crippen LogP contribution in [0.25, 0.3) is 0 Å². The first-order valence-electron chi connectivity index (χ1n) is 14.5. The number of nitrogens with two attached hydrogens (primary N) is 3. The fourth-order valence-corrected chi connectivity index (χ4v) is 5.18. The largest absolute Gasteiger partial charge is 0.497 e.